The number of hydrogen-bond acceptors (Lipinski definition) is 7. The second kappa shape index (κ2) is 9.98. The van der Waals surface area contributed by atoms with Crippen LogP contribution in [0.15, 0.2) is 11.6 Å². The zero-order valence-corrected chi connectivity index (χ0v) is 27.3. The molecule has 0 spiro atoms. The summed E-state index contributed by atoms with van der Waals surface area (Å²) in [6.07, 6.45) is 5.06. The molecule has 1 aliphatic heterocycles. The Balaban J connectivity index is 1.33. The van der Waals surface area contributed by atoms with Crippen LogP contribution < -0.4 is 0 Å². The van der Waals surface area contributed by atoms with Crippen LogP contribution >= 0.6 is 0 Å². The Kier molecular flexibility index (Phi) is 7.41. The normalized spacial score (nSPS) is 56.1. The van der Waals surface area contributed by atoms with Crippen molar-refractivity contribution in [1.29, 1.82) is 0 Å². The number of ether oxygens (including phenoxy) is 2. The zero-order valence-electron chi connectivity index (χ0n) is 27.3. The second-order valence-corrected chi connectivity index (χ2v) is 17.1. The highest BCUT2D eigenvalue weighted by Gasteiger charge is 2.71. The molecule has 5 aliphatic carbocycles. The standard InChI is InChI=1S/C35H56O8/c1-19-10-15-35(29(39)40)17-16-32(5)20(27(35)34(19,7)41)8-9-23-31(4)13-12-24(30(2,3)22(31)11-14-33(23,32)6)43-28-26(38)25(37)21(36)18-42-28/h8,19,21-28,36-38,41H,9-18H2,1-7H3,(H,39,40)/t19-,21-,22-,23+,24-,25-,26+,27+,28-,31-,32+,33+,34+,35-/m0/s1. The largest absolute Gasteiger partial charge is 0.481 e. The van der Waals surface area contributed by atoms with E-state index < -0.39 is 41.6 Å². The molecule has 6 aliphatic rings. The van der Waals surface area contributed by atoms with Crippen LogP contribution in [0.5, 0.6) is 0 Å². The molecule has 5 N–H and O–H groups in total. The van der Waals surface area contributed by atoms with E-state index in [0.29, 0.717) is 24.7 Å². The van der Waals surface area contributed by atoms with E-state index in [1.54, 1.807) is 0 Å². The monoisotopic (exact) mass is 604 g/mol. The Hall–Kier alpha value is -1.03. The SMILES string of the molecule is C[C@H]1CC[C@]2(C(=O)O)CC[C@]3(C)C(=CC[C@@H]4[C@@]5(C)CC[C@H](O[C@@H]6OC[C@H](O)[C@H](O)[C@H]6O)C(C)(C)[C@@H]5CC[C@]43C)[C@@H]2[C@]1(C)O. The molecule has 8 nitrogen and oxygen atoms in total. The number of allylic oxidation sites excluding steroid dienone is 1. The molecule has 6 rings (SSSR count). The summed E-state index contributed by atoms with van der Waals surface area (Å²) in [5, 5.41) is 53.4. The molecular formula is C35H56O8. The molecule has 5 fully saturated rings. The summed E-state index contributed by atoms with van der Waals surface area (Å²) in [5.74, 6) is -0.306. The third kappa shape index (κ3) is 4.11. The van der Waals surface area contributed by atoms with Crippen LogP contribution in [-0.4, -0.2) is 74.4 Å². The van der Waals surface area contributed by atoms with Gasteiger partial charge in [0.2, 0.25) is 0 Å². The fraction of sp³-hybridized carbons (Fsp3) is 0.914. The van der Waals surface area contributed by atoms with Crippen LogP contribution in [0.2, 0.25) is 0 Å². The van der Waals surface area contributed by atoms with Crippen LogP contribution in [0.25, 0.3) is 0 Å². The van der Waals surface area contributed by atoms with Crippen LogP contribution in [0.4, 0.5) is 0 Å². The fourth-order valence-corrected chi connectivity index (χ4v) is 12.1. The van der Waals surface area contributed by atoms with E-state index in [-0.39, 0.29) is 46.2 Å². The van der Waals surface area contributed by atoms with Crippen LogP contribution in [0.1, 0.15) is 106 Å². The van der Waals surface area contributed by atoms with E-state index in [2.05, 4.69) is 47.6 Å². The lowest BCUT2D eigenvalue weighted by atomic mass is 9.33. The van der Waals surface area contributed by atoms with Crippen molar-refractivity contribution < 1.29 is 39.8 Å². The molecule has 8 heteroatoms. The maximum absolute atomic E-state index is 13.0. The number of aliphatic hydroxyl groups is 4. The minimum absolute atomic E-state index is 0.0313. The van der Waals surface area contributed by atoms with Crippen molar-refractivity contribution in [2.75, 3.05) is 6.61 Å². The highest BCUT2D eigenvalue weighted by molar-refractivity contribution is 5.77. The Morgan fingerprint density at radius 2 is 1.60 bits per heavy atom. The van der Waals surface area contributed by atoms with Gasteiger partial charge in [-0.1, -0.05) is 53.2 Å². The number of rotatable bonds is 3. The smallest absolute Gasteiger partial charge is 0.310 e. The maximum atomic E-state index is 13.0. The van der Waals surface area contributed by atoms with Gasteiger partial charge in [0.15, 0.2) is 6.29 Å². The number of carbonyl (C=O) groups is 1. The molecule has 4 saturated carbocycles. The van der Waals surface area contributed by atoms with Crippen LogP contribution in [-0.2, 0) is 14.3 Å². The second-order valence-electron chi connectivity index (χ2n) is 17.1. The number of fused-ring (bicyclic) bond motifs is 7. The summed E-state index contributed by atoms with van der Waals surface area (Å²) in [6, 6.07) is 0. The average molecular weight is 605 g/mol. The fourth-order valence-electron chi connectivity index (χ4n) is 12.1. The number of carboxylic acids is 1. The maximum Gasteiger partial charge on any atom is 0.310 e. The number of aliphatic hydroxyl groups excluding tert-OH is 3. The molecule has 0 aromatic heterocycles. The van der Waals surface area contributed by atoms with Gasteiger partial charge in [-0.15, -0.1) is 0 Å². The van der Waals surface area contributed by atoms with Gasteiger partial charge in [0.1, 0.15) is 18.3 Å². The van der Waals surface area contributed by atoms with Gasteiger partial charge in [-0.25, -0.2) is 0 Å². The van der Waals surface area contributed by atoms with Crippen molar-refractivity contribution in [3.8, 4) is 0 Å². The van der Waals surface area contributed by atoms with Gasteiger partial charge >= 0.3 is 5.97 Å². The van der Waals surface area contributed by atoms with Crippen molar-refractivity contribution in [2.45, 2.75) is 143 Å². The highest BCUT2D eigenvalue weighted by Crippen LogP contribution is 2.76. The first kappa shape index (κ1) is 31.9. The van der Waals surface area contributed by atoms with Crippen LogP contribution in [0, 0.1) is 50.7 Å². The van der Waals surface area contributed by atoms with Crippen molar-refractivity contribution >= 4 is 5.97 Å². The van der Waals surface area contributed by atoms with Gasteiger partial charge in [0.25, 0.3) is 0 Å². The van der Waals surface area contributed by atoms with Crippen molar-refractivity contribution in [1.82, 2.24) is 0 Å². The van der Waals surface area contributed by atoms with E-state index >= 15 is 0 Å². The van der Waals surface area contributed by atoms with E-state index in [1.807, 2.05) is 6.92 Å². The van der Waals surface area contributed by atoms with Crippen molar-refractivity contribution in [2.24, 2.45) is 50.7 Å². The summed E-state index contributed by atoms with van der Waals surface area (Å²) >= 11 is 0. The molecule has 0 aromatic carbocycles. The minimum atomic E-state index is -1.30. The van der Waals surface area contributed by atoms with Gasteiger partial charge in [-0.2, -0.15) is 0 Å². The van der Waals surface area contributed by atoms with Gasteiger partial charge < -0.3 is 35.0 Å². The number of aliphatic carboxylic acids is 1. The van der Waals surface area contributed by atoms with E-state index in [9.17, 15) is 30.3 Å². The Morgan fingerprint density at radius 1 is 0.907 bits per heavy atom. The molecule has 0 radical (unpaired) electrons. The average Bonchev–Trinajstić information content (AvgIpc) is 2.92. The molecule has 244 valence electrons. The molecular weight excluding hydrogens is 548 g/mol. The third-order valence-electron chi connectivity index (χ3n) is 15.2. The third-order valence-corrected chi connectivity index (χ3v) is 15.2. The van der Waals surface area contributed by atoms with E-state index in [0.717, 1.165) is 44.9 Å². The van der Waals surface area contributed by atoms with Crippen LogP contribution in [0.3, 0.4) is 0 Å². The molecule has 14 atom stereocenters. The number of carboxylic acid groups (broad SMARTS) is 1. The van der Waals surface area contributed by atoms with E-state index in [4.69, 9.17) is 9.47 Å². The molecule has 0 unspecified atom stereocenters. The topological polar surface area (TPSA) is 137 Å². The summed E-state index contributed by atoms with van der Waals surface area (Å²) in [4.78, 5) is 13.0. The van der Waals surface area contributed by atoms with Crippen molar-refractivity contribution in [3.63, 3.8) is 0 Å². The van der Waals surface area contributed by atoms with Crippen molar-refractivity contribution in [3.05, 3.63) is 11.6 Å². The lowest BCUT2D eigenvalue weighted by molar-refractivity contribution is -0.308. The van der Waals surface area contributed by atoms with Gasteiger partial charge in [0, 0.05) is 5.92 Å². The molecule has 43 heavy (non-hydrogen) atoms. The molecule has 0 bridgehead atoms. The Labute approximate surface area is 257 Å². The Morgan fingerprint density at radius 3 is 2.28 bits per heavy atom. The quantitative estimate of drug-likeness (QED) is 0.232. The zero-order chi connectivity index (χ0) is 31.5. The summed E-state index contributed by atoms with van der Waals surface area (Å²) in [5.41, 5.74) is -1.16. The first-order chi connectivity index (χ1) is 19.9. The first-order valence-corrected chi connectivity index (χ1v) is 16.9. The van der Waals surface area contributed by atoms with Gasteiger partial charge in [0.05, 0.1) is 23.7 Å². The summed E-state index contributed by atoms with van der Waals surface area (Å²) in [7, 11) is 0. The predicted molar refractivity (Wildman–Crippen MR) is 161 cm³/mol. The van der Waals surface area contributed by atoms with Gasteiger partial charge in [-0.05, 0) is 104 Å². The van der Waals surface area contributed by atoms with E-state index in [1.165, 1.54) is 5.57 Å². The first-order valence-electron chi connectivity index (χ1n) is 16.9. The molecule has 0 amide bonds. The summed E-state index contributed by atoms with van der Waals surface area (Å²) < 4.78 is 12.1. The lowest BCUT2D eigenvalue weighted by Gasteiger charge is -2.72. The van der Waals surface area contributed by atoms with Gasteiger partial charge in [-0.3, -0.25) is 4.79 Å². The predicted octanol–water partition coefficient (Wildman–Crippen LogP) is 4.67. The Bertz CT molecular complexity index is 1160. The minimum Gasteiger partial charge on any atom is -0.481 e. The lowest BCUT2D eigenvalue weighted by Crippen LogP contribution is -2.68. The number of hydrogen-bond donors (Lipinski definition) is 5. The molecule has 0 aromatic rings. The summed E-state index contributed by atoms with van der Waals surface area (Å²) in [6.45, 7) is 15.8. The highest BCUT2D eigenvalue weighted by atomic mass is 16.7. The molecule has 1 saturated heterocycles. The molecule has 1 heterocycles.